The lowest BCUT2D eigenvalue weighted by molar-refractivity contribution is 0.0734. The van der Waals surface area contributed by atoms with E-state index in [0.29, 0.717) is 16.0 Å². The number of nitrogens with zero attached hydrogens (tertiary/aromatic N) is 1. The van der Waals surface area contributed by atoms with Crippen molar-refractivity contribution in [3.05, 3.63) is 94.6 Å². The second kappa shape index (κ2) is 7.20. The van der Waals surface area contributed by atoms with Crippen molar-refractivity contribution in [3.63, 3.8) is 0 Å². The van der Waals surface area contributed by atoms with Crippen molar-refractivity contribution in [3.8, 4) is 16.3 Å². The molecular formula is C23H12FNO4S. The summed E-state index contributed by atoms with van der Waals surface area (Å²) in [4.78, 5) is 29.3. The summed E-state index contributed by atoms with van der Waals surface area (Å²) in [5.41, 5.74) is 1.01. The molecule has 0 N–H and O–H groups in total. The molecule has 5 aromatic rings. The number of ether oxygens (including phenoxy) is 1. The largest absolute Gasteiger partial charge is 0.423 e. The number of halogens is 1. The fourth-order valence-electron chi connectivity index (χ4n) is 3.07. The highest BCUT2D eigenvalue weighted by Gasteiger charge is 2.14. The summed E-state index contributed by atoms with van der Waals surface area (Å²) in [7, 11) is 0. The van der Waals surface area contributed by atoms with Gasteiger partial charge in [0.1, 0.15) is 22.2 Å². The van der Waals surface area contributed by atoms with Crippen LogP contribution in [0.4, 0.5) is 4.39 Å². The number of carbonyl (C=O) groups is 1. The van der Waals surface area contributed by atoms with Crippen LogP contribution in [0.1, 0.15) is 10.4 Å². The molecule has 0 saturated carbocycles. The van der Waals surface area contributed by atoms with Gasteiger partial charge in [-0.05, 0) is 48.5 Å². The Bertz CT molecular complexity index is 1450. The van der Waals surface area contributed by atoms with E-state index in [1.54, 1.807) is 18.2 Å². The van der Waals surface area contributed by atoms with E-state index in [1.165, 1.54) is 35.6 Å². The van der Waals surface area contributed by atoms with Crippen LogP contribution in [0.3, 0.4) is 0 Å². The Morgan fingerprint density at radius 1 is 1.00 bits per heavy atom. The lowest BCUT2D eigenvalue weighted by atomic mass is 10.2. The maximum Gasteiger partial charge on any atom is 0.346 e. The van der Waals surface area contributed by atoms with Crippen LogP contribution in [-0.4, -0.2) is 11.0 Å². The van der Waals surface area contributed by atoms with Gasteiger partial charge in [-0.1, -0.05) is 18.2 Å². The fourth-order valence-corrected chi connectivity index (χ4v) is 4.04. The van der Waals surface area contributed by atoms with E-state index in [9.17, 15) is 14.0 Å². The Labute approximate surface area is 173 Å². The fraction of sp³-hybridized carbons (Fsp3) is 0. The molecule has 2 heterocycles. The van der Waals surface area contributed by atoms with Crippen molar-refractivity contribution in [2.24, 2.45) is 0 Å². The van der Waals surface area contributed by atoms with E-state index in [4.69, 9.17) is 9.15 Å². The zero-order valence-corrected chi connectivity index (χ0v) is 16.1. The Hall–Kier alpha value is -3.84. The van der Waals surface area contributed by atoms with E-state index in [-0.39, 0.29) is 16.9 Å². The zero-order chi connectivity index (χ0) is 20.7. The lowest BCUT2D eigenvalue weighted by Gasteiger charge is -2.06. The predicted octanol–water partition coefficient (Wildman–Crippen LogP) is 5.43. The van der Waals surface area contributed by atoms with E-state index in [0.717, 1.165) is 16.3 Å². The van der Waals surface area contributed by atoms with Gasteiger partial charge >= 0.3 is 11.6 Å². The van der Waals surface area contributed by atoms with Crippen molar-refractivity contribution >= 4 is 38.5 Å². The molecule has 0 atom stereocenters. The lowest BCUT2D eigenvalue weighted by Crippen LogP contribution is -2.09. The third-order valence-corrected chi connectivity index (χ3v) is 5.57. The summed E-state index contributed by atoms with van der Waals surface area (Å²) < 4.78 is 25.0. The van der Waals surface area contributed by atoms with Gasteiger partial charge in [0.2, 0.25) is 0 Å². The van der Waals surface area contributed by atoms with E-state index in [1.807, 2.05) is 24.3 Å². The Kier molecular flexibility index (Phi) is 4.37. The van der Waals surface area contributed by atoms with Crippen molar-refractivity contribution < 1.29 is 18.3 Å². The van der Waals surface area contributed by atoms with Crippen LogP contribution in [0.5, 0.6) is 5.75 Å². The molecule has 0 saturated heterocycles. The molecule has 2 aromatic heterocycles. The third kappa shape index (κ3) is 3.35. The van der Waals surface area contributed by atoms with Crippen molar-refractivity contribution in [1.82, 2.24) is 4.98 Å². The summed E-state index contributed by atoms with van der Waals surface area (Å²) in [5, 5.41) is 1.24. The van der Waals surface area contributed by atoms with Gasteiger partial charge in [0.25, 0.3) is 0 Å². The van der Waals surface area contributed by atoms with E-state index >= 15 is 0 Å². The first-order valence-electron chi connectivity index (χ1n) is 8.98. The highest BCUT2D eigenvalue weighted by molar-refractivity contribution is 7.21. The normalized spacial score (nSPS) is 11.1. The van der Waals surface area contributed by atoms with Crippen LogP contribution < -0.4 is 10.4 Å². The van der Waals surface area contributed by atoms with Gasteiger partial charge in [-0.3, -0.25) is 0 Å². The monoisotopic (exact) mass is 417 g/mol. The predicted molar refractivity (Wildman–Crippen MR) is 112 cm³/mol. The minimum atomic E-state index is -0.706. The Morgan fingerprint density at radius 2 is 1.87 bits per heavy atom. The first-order chi connectivity index (χ1) is 14.6. The maximum atomic E-state index is 13.3. The zero-order valence-electron chi connectivity index (χ0n) is 15.3. The van der Waals surface area contributed by atoms with Gasteiger partial charge in [-0.2, -0.15) is 0 Å². The SMILES string of the molecule is O=C(Oc1ccc2cc(-c3nc4ccccc4s3)c(=O)oc2c1)c1cccc(F)c1. The van der Waals surface area contributed by atoms with Crippen LogP contribution in [-0.2, 0) is 0 Å². The summed E-state index contributed by atoms with van der Waals surface area (Å²) in [6.45, 7) is 0. The molecule has 0 radical (unpaired) electrons. The van der Waals surface area contributed by atoms with Crippen LogP contribution in [0.15, 0.2) is 82.0 Å². The van der Waals surface area contributed by atoms with E-state index < -0.39 is 17.4 Å². The molecule has 0 aliphatic carbocycles. The van der Waals surface area contributed by atoms with Crippen molar-refractivity contribution in [2.45, 2.75) is 0 Å². The number of para-hydroxylation sites is 1. The number of hydrogen-bond acceptors (Lipinski definition) is 6. The number of benzene rings is 3. The average Bonchev–Trinajstić information content (AvgIpc) is 3.17. The first kappa shape index (κ1) is 18.2. The second-order valence-electron chi connectivity index (χ2n) is 6.53. The number of rotatable bonds is 3. The number of carbonyl (C=O) groups excluding carboxylic acids is 1. The highest BCUT2D eigenvalue weighted by Crippen LogP contribution is 2.30. The van der Waals surface area contributed by atoms with Gasteiger partial charge in [-0.25, -0.2) is 19.0 Å². The smallest absolute Gasteiger partial charge is 0.346 e. The van der Waals surface area contributed by atoms with E-state index in [2.05, 4.69) is 4.98 Å². The molecule has 5 nitrogen and oxygen atoms in total. The standard InChI is InChI=1S/C23H12FNO4S/c24-15-5-3-4-14(10-15)22(26)28-16-9-8-13-11-17(23(27)29-19(13)12-16)21-25-18-6-1-2-7-20(18)30-21/h1-12H. The molecule has 0 aliphatic rings. The molecule has 5 rings (SSSR count). The number of esters is 1. The molecule has 30 heavy (non-hydrogen) atoms. The molecule has 0 bridgehead atoms. The number of aromatic nitrogens is 1. The summed E-state index contributed by atoms with van der Waals surface area (Å²) in [6, 6.07) is 19.3. The number of hydrogen-bond donors (Lipinski definition) is 0. The van der Waals surface area contributed by atoms with Crippen LogP contribution in [0, 0.1) is 5.82 Å². The second-order valence-corrected chi connectivity index (χ2v) is 7.56. The quantitative estimate of drug-likeness (QED) is 0.222. The first-order valence-corrected chi connectivity index (χ1v) is 9.80. The van der Waals surface area contributed by atoms with Gasteiger partial charge in [0.15, 0.2) is 0 Å². The third-order valence-electron chi connectivity index (χ3n) is 4.50. The van der Waals surface area contributed by atoms with Gasteiger partial charge in [0.05, 0.1) is 21.3 Å². The van der Waals surface area contributed by atoms with Gasteiger partial charge in [-0.15, -0.1) is 11.3 Å². The minimum Gasteiger partial charge on any atom is -0.423 e. The Balaban J connectivity index is 1.49. The van der Waals surface area contributed by atoms with Crippen LogP contribution in [0.2, 0.25) is 0 Å². The molecular weight excluding hydrogens is 405 g/mol. The van der Waals surface area contributed by atoms with Crippen molar-refractivity contribution in [2.75, 3.05) is 0 Å². The molecule has 7 heteroatoms. The molecule has 0 fully saturated rings. The molecule has 3 aromatic carbocycles. The molecule has 0 aliphatic heterocycles. The minimum absolute atomic E-state index is 0.0859. The molecule has 0 unspecified atom stereocenters. The number of thiazole rings is 1. The molecule has 146 valence electrons. The molecule has 0 amide bonds. The van der Waals surface area contributed by atoms with Crippen molar-refractivity contribution in [1.29, 1.82) is 0 Å². The topological polar surface area (TPSA) is 69.4 Å². The average molecular weight is 417 g/mol. The maximum absolute atomic E-state index is 13.3. The summed E-state index contributed by atoms with van der Waals surface area (Å²) >= 11 is 1.41. The molecule has 0 spiro atoms. The highest BCUT2D eigenvalue weighted by atomic mass is 32.1. The Morgan fingerprint density at radius 3 is 2.70 bits per heavy atom. The summed E-state index contributed by atoms with van der Waals surface area (Å²) in [5.74, 6) is -1.05. The van der Waals surface area contributed by atoms with Gasteiger partial charge in [0, 0.05) is 11.5 Å². The number of fused-ring (bicyclic) bond motifs is 2. The van der Waals surface area contributed by atoms with Crippen LogP contribution >= 0.6 is 11.3 Å². The summed E-state index contributed by atoms with van der Waals surface area (Å²) in [6.07, 6.45) is 0. The van der Waals surface area contributed by atoms with Crippen LogP contribution in [0.25, 0.3) is 31.8 Å². The van der Waals surface area contributed by atoms with Gasteiger partial charge < -0.3 is 9.15 Å².